The third kappa shape index (κ3) is 4.18. The molecule has 2 aromatic rings. The van der Waals surface area contributed by atoms with Crippen molar-refractivity contribution in [1.29, 1.82) is 0 Å². The highest BCUT2D eigenvalue weighted by Crippen LogP contribution is 2.65. The largest absolute Gasteiger partial charge is 0.495 e. The summed E-state index contributed by atoms with van der Waals surface area (Å²) in [6.45, 7) is 2.35. The van der Waals surface area contributed by atoms with E-state index in [0.29, 0.717) is 34.3 Å². The Hall–Kier alpha value is -2.57. The predicted octanol–water partition coefficient (Wildman–Crippen LogP) is 5.08. The van der Waals surface area contributed by atoms with Gasteiger partial charge in [-0.2, -0.15) is 0 Å². The molecule has 5 rings (SSSR count). The number of rotatable bonds is 5. The molecule has 2 saturated heterocycles. The van der Waals surface area contributed by atoms with E-state index in [-0.39, 0.29) is 12.0 Å². The molecule has 1 unspecified atom stereocenters. The highest BCUT2D eigenvalue weighted by Gasteiger charge is 2.55. The van der Waals surface area contributed by atoms with Crippen LogP contribution < -0.4 is 4.74 Å². The lowest BCUT2D eigenvalue weighted by atomic mass is 9.88. The molecule has 0 radical (unpaired) electrons. The quantitative estimate of drug-likeness (QED) is 0.555. The molecule has 0 aromatic heterocycles. The zero-order chi connectivity index (χ0) is 23.9. The van der Waals surface area contributed by atoms with Crippen molar-refractivity contribution >= 4 is 23.5 Å². The number of hydrogen-bond donors (Lipinski definition) is 0. The van der Waals surface area contributed by atoms with E-state index in [1.807, 2.05) is 4.90 Å². The van der Waals surface area contributed by atoms with Crippen molar-refractivity contribution in [3.05, 3.63) is 52.5 Å². The van der Waals surface area contributed by atoms with Gasteiger partial charge in [0.1, 0.15) is 11.9 Å². The van der Waals surface area contributed by atoms with Crippen LogP contribution in [0.5, 0.6) is 5.75 Å². The van der Waals surface area contributed by atoms with Crippen LogP contribution in [0.25, 0.3) is 11.1 Å². The first-order chi connectivity index (χ1) is 16.5. The Balaban J connectivity index is 1.28. The molecule has 0 N–H and O–H groups in total. The number of esters is 1. The average molecular weight is 484 g/mol. The predicted molar refractivity (Wildman–Crippen MR) is 129 cm³/mol. The Kier molecular flexibility index (Phi) is 6.30. The van der Waals surface area contributed by atoms with Crippen molar-refractivity contribution < 1.29 is 23.8 Å². The molecule has 2 aromatic carbocycles. The minimum atomic E-state index is -0.433. The molecule has 0 bridgehead atoms. The maximum Gasteiger partial charge on any atom is 0.338 e. The summed E-state index contributed by atoms with van der Waals surface area (Å²) in [5.41, 5.74) is 3.67. The van der Waals surface area contributed by atoms with Gasteiger partial charge in [-0.3, -0.25) is 4.79 Å². The molecular weight excluding hydrogens is 454 g/mol. The van der Waals surface area contributed by atoms with Crippen LogP contribution in [0.1, 0.15) is 53.9 Å². The van der Waals surface area contributed by atoms with Crippen molar-refractivity contribution in [2.45, 2.75) is 44.1 Å². The lowest BCUT2D eigenvalue weighted by Gasteiger charge is -2.34. The number of halogens is 1. The van der Waals surface area contributed by atoms with Gasteiger partial charge in [0.05, 0.1) is 24.8 Å². The first-order valence-corrected chi connectivity index (χ1v) is 12.3. The Bertz CT molecular complexity index is 1080. The van der Waals surface area contributed by atoms with Crippen molar-refractivity contribution in [2.24, 2.45) is 5.41 Å². The Morgan fingerprint density at radius 1 is 1.12 bits per heavy atom. The molecule has 3 fully saturated rings. The molecule has 1 aliphatic carbocycles. The number of carbonyl (C=O) groups is 2. The Morgan fingerprint density at radius 2 is 1.85 bits per heavy atom. The van der Waals surface area contributed by atoms with E-state index in [0.717, 1.165) is 49.9 Å². The van der Waals surface area contributed by atoms with Crippen LogP contribution in [0, 0.1) is 5.41 Å². The summed E-state index contributed by atoms with van der Waals surface area (Å²) in [5, 5.41) is 0.467. The van der Waals surface area contributed by atoms with Gasteiger partial charge in [0.15, 0.2) is 0 Å². The number of amides is 1. The smallest absolute Gasteiger partial charge is 0.338 e. The second-order valence-electron chi connectivity index (χ2n) is 9.60. The summed E-state index contributed by atoms with van der Waals surface area (Å²) in [7, 11) is 2.88. The highest BCUT2D eigenvalue weighted by atomic mass is 35.5. The number of carbonyl (C=O) groups excluding carboxylic acids is 2. The molecule has 2 aliphatic heterocycles. The van der Waals surface area contributed by atoms with E-state index in [9.17, 15) is 9.59 Å². The third-order valence-corrected chi connectivity index (χ3v) is 8.16. The van der Waals surface area contributed by atoms with E-state index < -0.39 is 5.97 Å². The Morgan fingerprint density at radius 3 is 2.47 bits per heavy atom. The summed E-state index contributed by atoms with van der Waals surface area (Å²) in [5.74, 6) is 0.703. The van der Waals surface area contributed by atoms with Crippen LogP contribution in [-0.4, -0.2) is 56.8 Å². The number of hydrogen-bond acceptors (Lipinski definition) is 5. The van der Waals surface area contributed by atoms with E-state index in [1.165, 1.54) is 26.2 Å². The fourth-order valence-corrected chi connectivity index (χ4v) is 5.90. The molecule has 3 aliphatic rings. The number of nitrogens with zero attached hydrogens (tertiary/aromatic N) is 1. The number of likely N-dealkylation sites (tertiary alicyclic amines) is 1. The van der Waals surface area contributed by atoms with E-state index in [1.54, 1.807) is 12.1 Å². The van der Waals surface area contributed by atoms with Gasteiger partial charge in [-0.05, 0) is 66.7 Å². The number of benzene rings is 2. The molecule has 6 nitrogen and oxygen atoms in total. The maximum absolute atomic E-state index is 12.7. The topological polar surface area (TPSA) is 65.1 Å². The molecule has 34 heavy (non-hydrogen) atoms. The van der Waals surface area contributed by atoms with Gasteiger partial charge >= 0.3 is 5.97 Å². The lowest BCUT2D eigenvalue weighted by Crippen LogP contribution is -2.44. The van der Waals surface area contributed by atoms with Gasteiger partial charge in [-0.1, -0.05) is 35.9 Å². The van der Waals surface area contributed by atoms with Gasteiger partial charge in [-0.15, -0.1) is 0 Å². The average Bonchev–Trinajstić information content (AvgIpc) is 3.29. The van der Waals surface area contributed by atoms with Crippen LogP contribution in [-0.2, 0) is 14.3 Å². The van der Waals surface area contributed by atoms with Crippen molar-refractivity contribution in [3.63, 3.8) is 0 Å². The first kappa shape index (κ1) is 23.2. The van der Waals surface area contributed by atoms with Crippen molar-refractivity contribution in [1.82, 2.24) is 4.90 Å². The summed E-state index contributed by atoms with van der Waals surface area (Å²) < 4.78 is 15.8. The molecular formula is C27H30ClNO5. The molecule has 7 heteroatoms. The van der Waals surface area contributed by atoms with Gasteiger partial charge in [-0.25, -0.2) is 4.79 Å². The molecule has 1 amide bonds. The van der Waals surface area contributed by atoms with Crippen LogP contribution in [0.4, 0.5) is 0 Å². The fraction of sp³-hybridized carbons (Fsp3) is 0.481. The zero-order valence-corrected chi connectivity index (χ0v) is 20.4. The van der Waals surface area contributed by atoms with Crippen LogP contribution in [0.15, 0.2) is 36.4 Å². The zero-order valence-electron chi connectivity index (χ0n) is 19.6. The third-order valence-electron chi connectivity index (χ3n) is 7.77. The highest BCUT2D eigenvalue weighted by molar-refractivity contribution is 6.35. The second kappa shape index (κ2) is 9.23. The van der Waals surface area contributed by atoms with Crippen LogP contribution >= 0.6 is 11.6 Å². The minimum absolute atomic E-state index is 0.176. The molecule has 180 valence electrons. The van der Waals surface area contributed by atoms with Crippen LogP contribution in [0.3, 0.4) is 0 Å². The number of ether oxygens (including phenoxy) is 3. The summed E-state index contributed by atoms with van der Waals surface area (Å²) in [6, 6.07) is 11.8. The summed E-state index contributed by atoms with van der Waals surface area (Å²) in [6.07, 6.45) is 4.87. The summed E-state index contributed by atoms with van der Waals surface area (Å²) >= 11 is 6.56. The van der Waals surface area contributed by atoms with Crippen LogP contribution in [0.2, 0.25) is 5.02 Å². The fourth-order valence-electron chi connectivity index (χ4n) is 5.61. The first-order valence-electron chi connectivity index (χ1n) is 11.9. The van der Waals surface area contributed by atoms with Gasteiger partial charge in [0, 0.05) is 25.3 Å². The Labute approximate surface area is 205 Å². The molecule has 1 saturated carbocycles. The van der Waals surface area contributed by atoms with Gasteiger partial charge in [0.25, 0.3) is 5.91 Å². The molecule has 2 heterocycles. The SMILES string of the molecule is COC(=O)c1cc(OC)c(Cl)c(-c2ccc(C3CC34CCN(C(=O)[C@H]3CCCO3)CC4)cc2)c1. The monoisotopic (exact) mass is 483 g/mol. The number of piperidine rings is 1. The standard InChI is InChI=1S/C27H30ClNO5/c1-32-23-15-19(26(31)33-2)14-20(24(23)28)17-5-7-18(8-6-17)21-16-27(21)9-11-29(12-10-27)25(30)22-4-3-13-34-22/h5-8,14-15,21-22H,3-4,9-13,16H2,1-2H3/t21?,22-/m1/s1. The normalized spacial score (nSPS) is 23.1. The minimum Gasteiger partial charge on any atom is -0.495 e. The van der Waals surface area contributed by atoms with E-state index >= 15 is 0 Å². The lowest BCUT2D eigenvalue weighted by molar-refractivity contribution is -0.142. The maximum atomic E-state index is 12.7. The number of methoxy groups -OCH3 is 2. The molecule has 1 spiro atoms. The van der Waals surface area contributed by atoms with Crippen molar-refractivity contribution in [3.8, 4) is 16.9 Å². The van der Waals surface area contributed by atoms with Gasteiger partial charge < -0.3 is 19.1 Å². The second-order valence-corrected chi connectivity index (χ2v) is 9.98. The van der Waals surface area contributed by atoms with Crippen molar-refractivity contribution in [2.75, 3.05) is 33.9 Å². The molecule has 2 atom stereocenters. The summed E-state index contributed by atoms with van der Waals surface area (Å²) in [4.78, 5) is 26.8. The van der Waals surface area contributed by atoms with E-state index in [2.05, 4.69) is 24.3 Å². The van der Waals surface area contributed by atoms with Gasteiger partial charge in [0.2, 0.25) is 0 Å². The van der Waals surface area contributed by atoms with E-state index in [4.69, 9.17) is 25.8 Å².